The molecule has 110 valence electrons. The fraction of sp³-hybridized carbons (Fsp3) is 0.429. The molecule has 1 aliphatic heterocycles. The van der Waals surface area contributed by atoms with Crippen LogP contribution in [0.1, 0.15) is 27.7 Å². The number of aromatic nitrogens is 3. The second kappa shape index (κ2) is 4.83. The molecule has 0 N–H and O–H groups in total. The maximum Gasteiger partial charge on any atom is 0.496 e. The fourth-order valence-corrected chi connectivity index (χ4v) is 2.38. The van der Waals surface area contributed by atoms with Crippen LogP contribution in [-0.4, -0.2) is 33.1 Å². The van der Waals surface area contributed by atoms with E-state index in [4.69, 9.17) is 20.9 Å². The standard InChI is InChI=1S/C14H17BClN3O2/c1-13(2)14(3,4)21-15(20-13)10-8-11(16)12(17-9-10)19-7-5-6-18-19/h5-9H,1-4H3. The summed E-state index contributed by atoms with van der Waals surface area (Å²) in [6, 6.07) is 3.63. The van der Waals surface area contributed by atoms with Gasteiger partial charge in [-0.05, 0) is 39.8 Å². The van der Waals surface area contributed by atoms with Gasteiger partial charge in [-0.2, -0.15) is 5.10 Å². The van der Waals surface area contributed by atoms with Crippen molar-refractivity contribution in [2.45, 2.75) is 38.9 Å². The van der Waals surface area contributed by atoms with E-state index in [9.17, 15) is 0 Å². The summed E-state index contributed by atoms with van der Waals surface area (Å²) in [5.41, 5.74) is 0.0323. The molecule has 0 spiro atoms. The Bertz CT molecular complexity index is 642. The molecule has 1 aliphatic rings. The van der Waals surface area contributed by atoms with Gasteiger partial charge in [-0.1, -0.05) is 11.6 Å². The first-order chi connectivity index (χ1) is 9.80. The summed E-state index contributed by atoms with van der Waals surface area (Å²) in [6.45, 7) is 8.06. The molecule has 0 unspecified atom stereocenters. The Kier molecular flexibility index (Phi) is 3.35. The van der Waals surface area contributed by atoms with E-state index in [0.29, 0.717) is 10.8 Å². The van der Waals surface area contributed by atoms with E-state index in [-0.39, 0.29) is 11.2 Å². The first-order valence-corrected chi connectivity index (χ1v) is 7.19. The Morgan fingerprint density at radius 1 is 1.19 bits per heavy atom. The van der Waals surface area contributed by atoms with Crippen molar-refractivity contribution in [2.75, 3.05) is 0 Å². The summed E-state index contributed by atoms with van der Waals surface area (Å²) in [4.78, 5) is 4.37. The molecule has 2 aromatic rings. The minimum atomic E-state index is -0.466. The maximum absolute atomic E-state index is 6.31. The molecule has 3 rings (SSSR count). The molecule has 1 fully saturated rings. The van der Waals surface area contributed by atoms with E-state index in [0.717, 1.165) is 5.46 Å². The molecular formula is C14H17BClN3O2. The molecule has 7 heteroatoms. The topological polar surface area (TPSA) is 49.2 Å². The summed E-state index contributed by atoms with van der Waals surface area (Å²) in [5.74, 6) is 0.585. The second-order valence-corrected chi connectivity index (χ2v) is 6.52. The van der Waals surface area contributed by atoms with E-state index in [1.54, 1.807) is 23.3 Å². The normalized spacial score (nSPS) is 20.0. The first-order valence-electron chi connectivity index (χ1n) is 6.81. The van der Waals surface area contributed by atoms with Crippen molar-refractivity contribution in [2.24, 2.45) is 0 Å². The molecule has 0 bridgehead atoms. The number of rotatable bonds is 2. The van der Waals surface area contributed by atoms with E-state index < -0.39 is 7.12 Å². The van der Waals surface area contributed by atoms with Crippen molar-refractivity contribution in [1.29, 1.82) is 0 Å². The van der Waals surface area contributed by atoms with Crippen LogP contribution in [0.15, 0.2) is 30.7 Å². The molecule has 0 amide bonds. The third-order valence-corrected chi connectivity index (χ3v) is 4.37. The summed E-state index contributed by atoms with van der Waals surface area (Å²) in [7, 11) is -0.466. The van der Waals surface area contributed by atoms with Crippen LogP contribution in [0.4, 0.5) is 0 Å². The second-order valence-electron chi connectivity index (χ2n) is 6.11. The van der Waals surface area contributed by atoms with Gasteiger partial charge in [0, 0.05) is 24.1 Å². The van der Waals surface area contributed by atoms with Gasteiger partial charge in [-0.3, -0.25) is 0 Å². The zero-order chi connectivity index (χ0) is 15.3. The van der Waals surface area contributed by atoms with Gasteiger partial charge in [0.25, 0.3) is 0 Å². The highest BCUT2D eigenvalue weighted by atomic mass is 35.5. The molecule has 0 saturated carbocycles. The van der Waals surface area contributed by atoms with Crippen LogP contribution in [-0.2, 0) is 9.31 Å². The zero-order valence-corrected chi connectivity index (χ0v) is 13.3. The van der Waals surface area contributed by atoms with Crippen LogP contribution >= 0.6 is 11.6 Å². The van der Waals surface area contributed by atoms with Crippen LogP contribution in [0.5, 0.6) is 0 Å². The predicted octanol–water partition coefficient (Wildman–Crippen LogP) is 2.22. The lowest BCUT2D eigenvalue weighted by Gasteiger charge is -2.32. The average Bonchev–Trinajstić information content (AvgIpc) is 2.96. The van der Waals surface area contributed by atoms with Gasteiger partial charge < -0.3 is 9.31 Å². The van der Waals surface area contributed by atoms with Crippen LogP contribution in [0, 0.1) is 0 Å². The number of hydrogen-bond donors (Lipinski definition) is 0. The maximum atomic E-state index is 6.31. The summed E-state index contributed by atoms with van der Waals surface area (Å²) >= 11 is 6.31. The van der Waals surface area contributed by atoms with Crippen molar-refractivity contribution in [3.63, 3.8) is 0 Å². The van der Waals surface area contributed by atoms with Gasteiger partial charge in [0.05, 0.1) is 16.2 Å². The van der Waals surface area contributed by atoms with Crippen LogP contribution in [0.2, 0.25) is 5.02 Å². The summed E-state index contributed by atoms with van der Waals surface area (Å²) < 4.78 is 13.6. The number of halogens is 1. The van der Waals surface area contributed by atoms with Crippen LogP contribution in [0.3, 0.4) is 0 Å². The van der Waals surface area contributed by atoms with Crippen molar-refractivity contribution in [1.82, 2.24) is 14.8 Å². The van der Waals surface area contributed by atoms with Gasteiger partial charge in [0.1, 0.15) is 0 Å². The van der Waals surface area contributed by atoms with E-state index in [1.807, 2.05) is 39.8 Å². The smallest absolute Gasteiger partial charge is 0.399 e. The highest BCUT2D eigenvalue weighted by molar-refractivity contribution is 6.62. The Labute approximate surface area is 129 Å². The minimum Gasteiger partial charge on any atom is -0.399 e. The Morgan fingerprint density at radius 2 is 1.86 bits per heavy atom. The van der Waals surface area contributed by atoms with Crippen LogP contribution in [0.25, 0.3) is 5.82 Å². The third-order valence-electron chi connectivity index (χ3n) is 4.09. The number of nitrogens with zero attached hydrogens (tertiary/aromatic N) is 3. The Morgan fingerprint density at radius 3 is 2.38 bits per heavy atom. The third kappa shape index (κ3) is 2.48. The van der Waals surface area contributed by atoms with Crippen molar-refractivity contribution >= 4 is 24.2 Å². The summed E-state index contributed by atoms with van der Waals surface area (Å²) in [6.07, 6.45) is 5.19. The van der Waals surface area contributed by atoms with Crippen LogP contribution < -0.4 is 5.46 Å². The lowest BCUT2D eigenvalue weighted by atomic mass is 9.80. The van der Waals surface area contributed by atoms with Gasteiger partial charge in [-0.15, -0.1) is 0 Å². The molecule has 0 aliphatic carbocycles. The lowest BCUT2D eigenvalue weighted by Crippen LogP contribution is -2.41. The fourth-order valence-electron chi connectivity index (χ4n) is 2.12. The highest BCUT2D eigenvalue weighted by Crippen LogP contribution is 2.36. The van der Waals surface area contributed by atoms with Gasteiger partial charge in [-0.25, -0.2) is 9.67 Å². The molecule has 1 saturated heterocycles. The van der Waals surface area contributed by atoms with E-state index in [2.05, 4.69) is 10.1 Å². The molecule has 3 heterocycles. The summed E-state index contributed by atoms with van der Waals surface area (Å²) in [5, 5.41) is 4.63. The Hall–Kier alpha value is -1.37. The highest BCUT2D eigenvalue weighted by Gasteiger charge is 2.51. The van der Waals surface area contributed by atoms with Gasteiger partial charge in [0.2, 0.25) is 0 Å². The monoisotopic (exact) mass is 305 g/mol. The van der Waals surface area contributed by atoms with E-state index in [1.165, 1.54) is 0 Å². The molecule has 2 aromatic heterocycles. The number of pyridine rings is 1. The number of hydrogen-bond acceptors (Lipinski definition) is 4. The average molecular weight is 306 g/mol. The van der Waals surface area contributed by atoms with E-state index >= 15 is 0 Å². The Balaban J connectivity index is 1.90. The molecule has 0 radical (unpaired) electrons. The predicted molar refractivity (Wildman–Crippen MR) is 82.1 cm³/mol. The van der Waals surface area contributed by atoms with Gasteiger partial charge >= 0.3 is 7.12 Å². The SMILES string of the molecule is CC1(C)OB(c2cnc(-n3cccn3)c(Cl)c2)OC1(C)C. The quantitative estimate of drug-likeness (QED) is 0.798. The molecule has 5 nitrogen and oxygen atoms in total. The minimum absolute atomic E-state index is 0.384. The molecule has 21 heavy (non-hydrogen) atoms. The molecule has 0 aromatic carbocycles. The zero-order valence-electron chi connectivity index (χ0n) is 12.5. The van der Waals surface area contributed by atoms with Gasteiger partial charge in [0.15, 0.2) is 5.82 Å². The molecular weight excluding hydrogens is 288 g/mol. The lowest BCUT2D eigenvalue weighted by molar-refractivity contribution is 0.00578. The first kappa shape index (κ1) is 14.6. The van der Waals surface area contributed by atoms with Crippen molar-refractivity contribution in [3.05, 3.63) is 35.7 Å². The largest absolute Gasteiger partial charge is 0.496 e. The van der Waals surface area contributed by atoms with Crippen molar-refractivity contribution in [3.8, 4) is 5.82 Å². The van der Waals surface area contributed by atoms with Crippen molar-refractivity contribution < 1.29 is 9.31 Å². The molecule has 0 atom stereocenters.